The van der Waals surface area contributed by atoms with E-state index >= 15 is 0 Å². The molecule has 0 saturated carbocycles. The van der Waals surface area contributed by atoms with Gasteiger partial charge in [-0.15, -0.1) is 36.2 Å². The summed E-state index contributed by atoms with van der Waals surface area (Å²) in [5.41, 5.74) is 10.1. The molecule has 1 aromatic heterocycles. The molecule has 2 aromatic rings. The molecule has 1 aromatic carbocycles. The number of nitrogen functional groups attached to an aromatic ring is 1. The van der Waals surface area contributed by atoms with Gasteiger partial charge in [0.25, 0.3) is 0 Å². The van der Waals surface area contributed by atoms with E-state index in [1.807, 2.05) is 43.7 Å². The fourth-order valence-corrected chi connectivity index (χ4v) is 2.56. The van der Waals surface area contributed by atoms with Crippen molar-refractivity contribution >= 4 is 47.7 Å². The fourth-order valence-electron chi connectivity index (χ4n) is 1.73. The normalized spacial score (nSPS) is 9.43. The summed E-state index contributed by atoms with van der Waals surface area (Å²) in [6, 6.07) is 7.41. The van der Waals surface area contributed by atoms with Crippen molar-refractivity contribution in [3.8, 4) is 0 Å². The van der Waals surface area contributed by atoms with Gasteiger partial charge in [-0.25, -0.2) is 4.98 Å². The predicted molar refractivity (Wildman–Crippen MR) is 92.4 cm³/mol. The number of thiazole rings is 1. The number of rotatable bonds is 4. The van der Waals surface area contributed by atoms with Crippen LogP contribution >= 0.6 is 36.2 Å². The van der Waals surface area contributed by atoms with E-state index in [9.17, 15) is 4.79 Å². The zero-order chi connectivity index (χ0) is 13.8. The largest absolute Gasteiger partial charge is 0.399 e. The monoisotopic (exact) mass is 347 g/mol. The van der Waals surface area contributed by atoms with E-state index in [1.165, 1.54) is 0 Å². The summed E-state index contributed by atoms with van der Waals surface area (Å²) in [5, 5.41) is 0. The summed E-state index contributed by atoms with van der Waals surface area (Å²) in [7, 11) is 1.82. The number of nitrogens with two attached hydrogens (primary N) is 1. The SMILES string of the molecule is Cc1ncsc1CN(C)C(=O)Cc1ccc(N)cc1.Cl.Cl. The van der Waals surface area contributed by atoms with Crippen LogP contribution in [0.15, 0.2) is 29.8 Å². The maximum atomic E-state index is 12.1. The molecule has 0 unspecified atom stereocenters. The summed E-state index contributed by atoms with van der Waals surface area (Å²) >= 11 is 1.58. The van der Waals surface area contributed by atoms with Crippen molar-refractivity contribution in [1.29, 1.82) is 0 Å². The summed E-state index contributed by atoms with van der Waals surface area (Å²) < 4.78 is 0. The molecule has 116 valence electrons. The van der Waals surface area contributed by atoms with Crippen LogP contribution < -0.4 is 5.73 Å². The highest BCUT2D eigenvalue weighted by molar-refractivity contribution is 7.09. The molecule has 2 rings (SSSR count). The lowest BCUT2D eigenvalue weighted by Gasteiger charge is -2.16. The summed E-state index contributed by atoms with van der Waals surface area (Å²) in [6.07, 6.45) is 0.397. The summed E-state index contributed by atoms with van der Waals surface area (Å²) in [5.74, 6) is 0.0950. The van der Waals surface area contributed by atoms with Crippen molar-refractivity contribution in [2.75, 3.05) is 12.8 Å². The predicted octanol–water partition coefficient (Wildman–Crippen LogP) is 3.08. The van der Waals surface area contributed by atoms with Crippen molar-refractivity contribution in [3.05, 3.63) is 45.9 Å². The maximum absolute atomic E-state index is 12.1. The number of hydrogen-bond donors (Lipinski definition) is 1. The Morgan fingerprint density at radius 3 is 2.43 bits per heavy atom. The number of anilines is 1. The number of benzene rings is 1. The van der Waals surface area contributed by atoms with Crippen molar-refractivity contribution in [3.63, 3.8) is 0 Å². The van der Waals surface area contributed by atoms with E-state index < -0.39 is 0 Å². The second-order valence-corrected chi connectivity index (χ2v) is 5.47. The second kappa shape index (κ2) is 8.87. The van der Waals surface area contributed by atoms with Crippen LogP contribution in [0.2, 0.25) is 0 Å². The van der Waals surface area contributed by atoms with Gasteiger partial charge in [0.2, 0.25) is 5.91 Å². The summed E-state index contributed by atoms with van der Waals surface area (Å²) in [6.45, 7) is 2.58. The van der Waals surface area contributed by atoms with E-state index in [-0.39, 0.29) is 30.7 Å². The maximum Gasteiger partial charge on any atom is 0.227 e. The minimum atomic E-state index is 0. The van der Waals surface area contributed by atoms with Crippen LogP contribution in [-0.2, 0) is 17.8 Å². The van der Waals surface area contributed by atoms with Gasteiger partial charge in [0, 0.05) is 17.6 Å². The molecule has 0 radical (unpaired) electrons. The number of amides is 1. The Kier molecular flexibility index (Phi) is 8.32. The van der Waals surface area contributed by atoms with Gasteiger partial charge in [-0.2, -0.15) is 0 Å². The molecular weight excluding hydrogens is 329 g/mol. The van der Waals surface area contributed by atoms with Crippen LogP contribution in [0.3, 0.4) is 0 Å². The van der Waals surface area contributed by atoms with Gasteiger partial charge in [-0.05, 0) is 24.6 Å². The number of nitrogens with zero attached hydrogens (tertiary/aromatic N) is 2. The molecule has 0 aliphatic rings. The van der Waals surface area contributed by atoms with Crippen molar-refractivity contribution < 1.29 is 4.79 Å². The molecule has 1 heterocycles. The molecule has 21 heavy (non-hydrogen) atoms. The van der Waals surface area contributed by atoms with Gasteiger partial charge in [0.15, 0.2) is 0 Å². The fraction of sp³-hybridized carbons (Fsp3) is 0.286. The van der Waals surface area contributed by atoms with Gasteiger partial charge in [0.1, 0.15) is 0 Å². The Morgan fingerprint density at radius 2 is 1.90 bits per heavy atom. The highest BCUT2D eigenvalue weighted by Crippen LogP contribution is 2.15. The number of hydrogen-bond acceptors (Lipinski definition) is 4. The number of carbonyl (C=O) groups is 1. The molecule has 4 nitrogen and oxygen atoms in total. The second-order valence-electron chi connectivity index (χ2n) is 4.53. The first-order chi connectivity index (χ1) is 9.06. The molecule has 0 bridgehead atoms. The first-order valence-electron chi connectivity index (χ1n) is 6.03. The molecular formula is C14H19Cl2N3OS. The molecule has 0 atom stereocenters. The van der Waals surface area contributed by atoms with Gasteiger partial charge in [0.05, 0.1) is 24.2 Å². The van der Waals surface area contributed by atoms with Gasteiger partial charge in [-0.3, -0.25) is 4.79 Å². The minimum absolute atomic E-state index is 0. The topological polar surface area (TPSA) is 59.2 Å². The zero-order valence-corrected chi connectivity index (χ0v) is 14.4. The van der Waals surface area contributed by atoms with Gasteiger partial charge in [-0.1, -0.05) is 12.1 Å². The third-order valence-corrected chi connectivity index (χ3v) is 3.91. The first kappa shape index (κ1) is 19.7. The van der Waals surface area contributed by atoms with Crippen LogP contribution in [0.1, 0.15) is 16.1 Å². The van der Waals surface area contributed by atoms with E-state index in [1.54, 1.807) is 16.2 Å². The van der Waals surface area contributed by atoms with Crippen molar-refractivity contribution in [2.24, 2.45) is 0 Å². The Morgan fingerprint density at radius 1 is 1.29 bits per heavy atom. The Bertz CT molecular complexity index is 572. The van der Waals surface area contributed by atoms with Crippen LogP contribution in [0.4, 0.5) is 5.69 Å². The molecule has 0 aliphatic carbocycles. The number of carbonyl (C=O) groups excluding carboxylic acids is 1. The number of aromatic nitrogens is 1. The minimum Gasteiger partial charge on any atom is -0.399 e. The smallest absolute Gasteiger partial charge is 0.227 e. The molecule has 0 fully saturated rings. The first-order valence-corrected chi connectivity index (χ1v) is 6.91. The highest BCUT2D eigenvalue weighted by Gasteiger charge is 2.12. The number of halogens is 2. The molecule has 0 saturated heterocycles. The summed E-state index contributed by atoms with van der Waals surface area (Å²) in [4.78, 5) is 19.2. The zero-order valence-electron chi connectivity index (χ0n) is 11.9. The van der Waals surface area contributed by atoms with Crippen LogP contribution in [0.5, 0.6) is 0 Å². The standard InChI is InChI=1S/C14H17N3OS.2ClH/c1-10-13(19-9-16-10)8-17(2)14(18)7-11-3-5-12(15)6-4-11;;/h3-6,9H,7-8,15H2,1-2H3;2*1H. The van der Waals surface area contributed by atoms with Crippen molar-refractivity contribution in [2.45, 2.75) is 19.9 Å². The molecule has 0 aliphatic heterocycles. The van der Waals surface area contributed by atoms with E-state index in [0.717, 1.165) is 16.1 Å². The van der Waals surface area contributed by atoms with Gasteiger partial charge >= 0.3 is 0 Å². The molecule has 0 spiro atoms. The molecule has 7 heteroatoms. The van der Waals surface area contributed by atoms with Crippen LogP contribution in [0, 0.1) is 6.92 Å². The third-order valence-electron chi connectivity index (χ3n) is 2.99. The quantitative estimate of drug-likeness (QED) is 0.864. The lowest BCUT2D eigenvalue weighted by Crippen LogP contribution is -2.27. The van der Waals surface area contributed by atoms with E-state index in [0.29, 0.717) is 18.7 Å². The van der Waals surface area contributed by atoms with Crippen LogP contribution in [-0.4, -0.2) is 22.8 Å². The lowest BCUT2D eigenvalue weighted by molar-refractivity contribution is -0.129. The average Bonchev–Trinajstić information content (AvgIpc) is 2.78. The third kappa shape index (κ3) is 5.53. The van der Waals surface area contributed by atoms with Gasteiger partial charge < -0.3 is 10.6 Å². The van der Waals surface area contributed by atoms with Crippen LogP contribution in [0.25, 0.3) is 0 Å². The Hall–Kier alpha value is -1.30. The van der Waals surface area contributed by atoms with E-state index in [4.69, 9.17) is 5.73 Å². The number of aryl methyl sites for hydroxylation is 1. The highest BCUT2D eigenvalue weighted by atomic mass is 35.5. The lowest BCUT2D eigenvalue weighted by atomic mass is 10.1. The number of likely N-dealkylation sites (N-methyl/N-ethyl adjacent to an activating group) is 1. The van der Waals surface area contributed by atoms with Crippen molar-refractivity contribution in [1.82, 2.24) is 9.88 Å². The van der Waals surface area contributed by atoms with E-state index in [2.05, 4.69) is 4.98 Å². The molecule has 2 N–H and O–H groups in total. The average molecular weight is 348 g/mol. The Balaban J connectivity index is 0.00000200. The molecule has 1 amide bonds. The Labute approximate surface area is 141 Å².